The number of methoxy groups -OCH3 is 1. The van der Waals surface area contributed by atoms with Gasteiger partial charge in [-0.05, 0) is 46.1 Å². The third-order valence-corrected chi connectivity index (χ3v) is 3.26. The Hall–Kier alpha value is -1.88. The van der Waals surface area contributed by atoms with Gasteiger partial charge in [-0.2, -0.15) is 0 Å². The highest BCUT2D eigenvalue weighted by molar-refractivity contribution is 9.10. The molecule has 0 spiro atoms. The van der Waals surface area contributed by atoms with Crippen molar-refractivity contribution in [3.8, 4) is 5.75 Å². The third kappa shape index (κ3) is 3.81. The van der Waals surface area contributed by atoms with Crippen LogP contribution in [0.2, 0.25) is 0 Å². The van der Waals surface area contributed by atoms with E-state index < -0.39 is 0 Å². The fourth-order valence-corrected chi connectivity index (χ4v) is 2.19. The number of aromatic nitrogens is 1. The van der Waals surface area contributed by atoms with Gasteiger partial charge in [0.1, 0.15) is 16.0 Å². The van der Waals surface area contributed by atoms with Crippen molar-refractivity contribution in [3.63, 3.8) is 0 Å². The summed E-state index contributed by atoms with van der Waals surface area (Å²) >= 11 is 3.25. The van der Waals surface area contributed by atoms with Crippen molar-refractivity contribution in [1.82, 2.24) is 10.3 Å². The van der Waals surface area contributed by atoms with E-state index >= 15 is 0 Å². The van der Waals surface area contributed by atoms with Crippen LogP contribution in [-0.2, 0) is 6.42 Å². The quantitative estimate of drug-likeness (QED) is 0.855. The highest BCUT2D eigenvalue weighted by Crippen LogP contribution is 2.17. The van der Waals surface area contributed by atoms with E-state index in [4.69, 9.17) is 4.74 Å². The number of carbonyl (C=O) groups excluding carboxylic acids is 1. The van der Waals surface area contributed by atoms with Crippen LogP contribution >= 0.6 is 15.9 Å². The number of benzene rings is 1. The molecular formula is C15H15BrN2O2. The van der Waals surface area contributed by atoms with Crippen LogP contribution in [0.4, 0.5) is 0 Å². The number of ether oxygens (including phenoxy) is 1. The SMILES string of the molecule is COc1ccccc1CCNC(=O)c1cccc(Br)n1. The molecular weight excluding hydrogens is 320 g/mol. The lowest BCUT2D eigenvalue weighted by Gasteiger charge is -2.09. The van der Waals surface area contributed by atoms with Gasteiger partial charge in [-0.1, -0.05) is 24.3 Å². The number of carbonyl (C=O) groups is 1. The summed E-state index contributed by atoms with van der Waals surface area (Å²) in [6.45, 7) is 0.535. The lowest BCUT2D eigenvalue weighted by Crippen LogP contribution is -2.26. The summed E-state index contributed by atoms with van der Waals surface area (Å²) in [5, 5.41) is 2.85. The highest BCUT2D eigenvalue weighted by atomic mass is 79.9. The first-order valence-electron chi connectivity index (χ1n) is 6.23. The predicted octanol–water partition coefficient (Wildman–Crippen LogP) is 2.83. The van der Waals surface area contributed by atoms with Crippen molar-refractivity contribution in [1.29, 1.82) is 0 Å². The molecule has 2 aromatic rings. The molecule has 1 N–H and O–H groups in total. The molecule has 1 amide bonds. The molecule has 0 aliphatic heterocycles. The summed E-state index contributed by atoms with van der Waals surface area (Å²) < 4.78 is 5.92. The number of amides is 1. The lowest BCUT2D eigenvalue weighted by atomic mass is 10.1. The average molecular weight is 335 g/mol. The maximum absolute atomic E-state index is 11.9. The third-order valence-electron chi connectivity index (χ3n) is 2.82. The molecule has 0 aliphatic carbocycles. The van der Waals surface area contributed by atoms with Crippen molar-refractivity contribution < 1.29 is 9.53 Å². The van der Waals surface area contributed by atoms with Gasteiger partial charge in [-0.3, -0.25) is 4.79 Å². The van der Waals surface area contributed by atoms with Crippen molar-refractivity contribution in [2.24, 2.45) is 0 Å². The van der Waals surface area contributed by atoms with Gasteiger partial charge < -0.3 is 10.1 Å². The van der Waals surface area contributed by atoms with E-state index in [0.717, 1.165) is 11.3 Å². The van der Waals surface area contributed by atoms with Gasteiger partial charge in [0.25, 0.3) is 5.91 Å². The van der Waals surface area contributed by atoms with Crippen LogP contribution in [0.15, 0.2) is 47.1 Å². The normalized spacial score (nSPS) is 10.1. The fourth-order valence-electron chi connectivity index (χ4n) is 1.85. The van der Waals surface area contributed by atoms with Crippen LogP contribution < -0.4 is 10.1 Å². The van der Waals surface area contributed by atoms with Crippen molar-refractivity contribution >= 4 is 21.8 Å². The second-order valence-corrected chi connectivity index (χ2v) is 4.98. The molecule has 2 rings (SSSR count). The zero-order valence-electron chi connectivity index (χ0n) is 11.1. The Bertz CT molecular complexity index is 602. The topological polar surface area (TPSA) is 51.2 Å². The molecule has 0 aliphatic rings. The molecule has 0 radical (unpaired) electrons. The van der Waals surface area contributed by atoms with E-state index in [1.54, 1.807) is 25.3 Å². The van der Waals surface area contributed by atoms with E-state index in [1.807, 2.05) is 24.3 Å². The van der Waals surface area contributed by atoms with E-state index in [0.29, 0.717) is 23.3 Å². The maximum atomic E-state index is 11.9. The van der Waals surface area contributed by atoms with Gasteiger partial charge in [0.15, 0.2) is 0 Å². The summed E-state index contributed by atoms with van der Waals surface area (Å²) in [6, 6.07) is 13.0. The highest BCUT2D eigenvalue weighted by Gasteiger charge is 2.07. The summed E-state index contributed by atoms with van der Waals surface area (Å²) in [4.78, 5) is 16.0. The minimum atomic E-state index is -0.179. The first-order valence-corrected chi connectivity index (χ1v) is 7.02. The summed E-state index contributed by atoms with van der Waals surface area (Å²) in [5.74, 6) is 0.656. The van der Waals surface area contributed by atoms with Gasteiger partial charge in [-0.25, -0.2) is 4.98 Å². The Kier molecular flexibility index (Phi) is 5.12. The number of nitrogens with zero attached hydrogens (tertiary/aromatic N) is 1. The molecule has 0 atom stereocenters. The second-order valence-electron chi connectivity index (χ2n) is 4.16. The van der Waals surface area contributed by atoms with Crippen LogP contribution in [0, 0.1) is 0 Å². The van der Waals surface area contributed by atoms with E-state index in [1.165, 1.54) is 0 Å². The molecule has 1 aromatic heterocycles. The zero-order chi connectivity index (χ0) is 14.4. The van der Waals surface area contributed by atoms with E-state index in [9.17, 15) is 4.79 Å². The smallest absolute Gasteiger partial charge is 0.269 e. The van der Waals surface area contributed by atoms with Gasteiger partial charge in [0, 0.05) is 6.54 Å². The number of para-hydroxylation sites is 1. The molecule has 0 bridgehead atoms. The Balaban J connectivity index is 1.91. The van der Waals surface area contributed by atoms with E-state index in [-0.39, 0.29) is 5.91 Å². The van der Waals surface area contributed by atoms with Crippen molar-refractivity contribution in [3.05, 3.63) is 58.3 Å². The van der Waals surface area contributed by atoms with Gasteiger partial charge >= 0.3 is 0 Å². The standard InChI is InChI=1S/C15H15BrN2O2/c1-20-13-7-3-2-5-11(13)9-10-17-15(19)12-6-4-8-14(16)18-12/h2-8H,9-10H2,1H3,(H,17,19). The van der Waals surface area contributed by atoms with Crippen LogP contribution in [0.5, 0.6) is 5.75 Å². The number of nitrogens with one attached hydrogen (secondary N) is 1. The maximum Gasteiger partial charge on any atom is 0.269 e. The minimum Gasteiger partial charge on any atom is -0.496 e. The molecule has 20 heavy (non-hydrogen) atoms. The second kappa shape index (κ2) is 7.05. The number of hydrogen-bond donors (Lipinski definition) is 1. The molecule has 1 heterocycles. The van der Waals surface area contributed by atoms with Gasteiger partial charge in [0.2, 0.25) is 0 Å². The van der Waals surface area contributed by atoms with Crippen molar-refractivity contribution in [2.75, 3.05) is 13.7 Å². The fraction of sp³-hybridized carbons (Fsp3) is 0.200. The van der Waals surface area contributed by atoms with Crippen molar-refractivity contribution in [2.45, 2.75) is 6.42 Å². The van der Waals surface area contributed by atoms with Gasteiger partial charge in [-0.15, -0.1) is 0 Å². The average Bonchev–Trinajstić information content (AvgIpc) is 2.47. The Morgan fingerprint density at radius 3 is 2.80 bits per heavy atom. The number of hydrogen-bond acceptors (Lipinski definition) is 3. The van der Waals surface area contributed by atoms with Crippen LogP contribution in [0.25, 0.3) is 0 Å². The minimum absolute atomic E-state index is 0.179. The zero-order valence-corrected chi connectivity index (χ0v) is 12.7. The monoisotopic (exact) mass is 334 g/mol. The predicted molar refractivity (Wildman–Crippen MR) is 81.0 cm³/mol. The summed E-state index contributed by atoms with van der Waals surface area (Å²) in [7, 11) is 1.64. The molecule has 0 fully saturated rings. The van der Waals surface area contributed by atoms with Crippen LogP contribution in [-0.4, -0.2) is 24.5 Å². The molecule has 1 aromatic carbocycles. The van der Waals surface area contributed by atoms with Crippen LogP contribution in [0.1, 0.15) is 16.1 Å². The summed E-state index contributed by atoms with van der Waals surface area (Å²) in [6.07, 6.45) is 0.712. The Morgan fingerprint density at radius 2 is 2.05 bits per heavy atom. The number of pyridine rings is 1. The van der Waals surface area contributed by atoms with Gasteiger partial charge in [0.05, 0.1) is 7.11 Å². The van der Waals surface area contributed by atoms with Crippen LogP contribution in [0.3, 0.4) is 0 Å². The molecule has 0 saturated heterocycles. The molecule has 0 unspecified atom stereocenters. The first kappa shape index (κ1) is 14.5. The lowest BCUT2D eigenvalue weighted by molar-refractivity contribution is 0.0949. The molecule has 5 heteroatoms. The number of rotatable bonds is 5. The number of halogens is 1. The molecule has 104 valence electrons. The largest absolute Gasteiger partial charge is 0.496 e. The first-order chi connectivity index (χ1) is 9.70. The van der Waals surface area contributed by atoms with E-state index in [2.05, 4.69) is 26.2 Å². The molecule has 0 saturated carbocycles. The Morgan fingerprint density at radius 1 is 1.25 bits per heavy atom. The Labute approximate surface area is 126 Å². The molecule has 4 nitrogen and oxygen atoms in total. The summed E-state index contributed by atoms with van der Waals surface area (Å²) in [5.41, 5.74) is 1.47.